The van der Waals surface area contributed by atoms with Gasteiger partial charge < -0.3 is 9.47 Å². The number of carbonyl (C=O) groups excluding carboxylic acids is 2. The number of para-hydroxylation sites is 1. The molecule has 2 aromatic rings. The van der Waals surface area contributed by atoms with Crippen molar-refractivity contribution >= 4 is 17.8 Å². The Morgan fingerprint density at radius 3 is 2.54 bits per heavy atom. The third-order valence-corrected chi connectivity index (χ3v) is 3.48. The quantitative estimate of drug-likeness (QED) is 0.422. The molecule has 0 aliphatic rings. The van der Waals surface area contributed by atoms with Crippen LogP contribution in [0.5, 0.6) is 5.75 Å². The van der Waals surface area contributed by atoms with Crippen LogP contribution in [0, 0.1) is 11.6 Å². The van der Waals surface area contributed by atoms with Gasteiger partial charge in [-0.3, -0.25) is 4.79 Å². The molecular formula is C20H18F2O4. The minimum atomic E-state index is -1.14. The summed E-state index contributed by atoms with van der Waals surface area (Å²) in [6.45, 7) is 3.69. The van der Waals surface area contributed by atoms with Crippen LogP contribution < -0.4 is 4.74 Å². The normalized spacial score (nSPS) is 12.0. The van der Waals surface area contributed by atoms with E-state index in [4.69, 9.17) is 9.47 Å². The Bertz CT molecular complexity index is 830. The lowest BCUT2D eigenvalue weighted by Gasteiger charge is -2.11. The molecule has 0 fully saturated rings. The van der Waals surface area contributed by atoms with Crippen LogP contribution in [0.3, 0.4) is 0 Å². The molecule has 0 aliphatic carbocycles. The van der Waals surface area contributed by atoms with E-state index in [9.17, 15) is 18.4 Å². The summed E-state index contributed by atoms with van der Waals surface area (Å²) in [5.41, 5.74) is 0.612. The van der Waals surface area contributed by atoms with Crippen molar-refractivity contribution in [3.63, 3.8) is 0 Å². The Labute approximate surface area is 150 Å². The zero-order valence-electron chi connectivity index (χ0n) is 14.4. The van der Waals surface area contributed by atoms with E-state index < -0.39 is 29.5 Å². The van der Waals surface area contributed by atoms with Crippen molar-refractivity contribution in [3.05, 3.63) is 71.3 Å². The van der Waals surface area contributed by atoms with E-state index in [2.05, 4.69) is 0 Å². The van der Waals surface area contributed by atoms with E-state index in [-0.39, 0.29) is 5.56 Å². The maximum Gasteiger partial charge on any atom is 0.331 e. The van der Waals surface area contributed by atoms with Gasteiger partial charge in [-0.1, -0.05) is 18.2 Å². The highest BCUT2D eigenvalue weighted by molar-refractivity contribution is 6.01. The van der Waals surface area contributed by atoms with E-state index in [1.807, 2.05) is 13.0 Å². The van der Waals surface area contributed by atoms with Crippen molar-refractivity contribution in [3.8, 4) is 5.75 Å². The molecule has 0 amide bonds. The van der Waals surface area contributed by atoms with Gasteiger partial charge in [-0.05, 0) is 44.2 Å². The minimum Gasteiger partial charge on any atom is -0.493 e. The Kier molecular flexibility index (Phi) is 6.60. The third kappa shape index (κ3) is 4.99. The molecule has 0 N–H and O–H groups in total. The average molecular weight is 360 g/mol. The number of carbonyl (C=O) groups is 2. The molecular weight excluding hydrogens is 342 g/mol. The number of ether oxygens (including phenoxy) is 2. The van der Waals surface area contributed by atoms with Crippen LogP contribution in [-0.2, 0) is 9.53 Å². The summed E-state index contributed by atoms with van der Waals surface area (Å²) in [5, 5.41) is 0. The van der Waals surface area contributed by atoms with Crippen LogP contribution in [0.25, 0.3) is 6.08 Å². The summed E-state index contributed by atoms with van der Waals surface area (Å²) in [7, 11) is 0. The molecule has 0 bridgehead atoms. The lowest BCUT2D eigenvalue weighted by atomic mass is 10.1. The van der Waals surface area contributed by atoms with E-state index in [1.54, 1.807) is 18.2 Å². The molecule has 136 valence electrons. The second-order valence-corrected chi connectivity index (χ2v) is 5.38. The molecule has 2 rings (SSSR count). The number of benzene rings is 2. The van der Waals surface area contributed by atoms with Gasteiger partial charge in [0.25, 0.3) is 0 Å². The first-order valence-corrected chi connectivity index (χ1v) is 8.02. The van der Waals surface area contributed by atoms with Crippen LogP contribution in [0.4, 0.5) is 8.78 Å². The van der Waals surface area contributed by atoms with Gasteiger partial charge in [-0.2, -0.15) is 0 Å². The number of hydrogen-bond acceptors (Lipinski definition) is 4. The van der Waals surface area contributed by atoms with Crippen molar-refractivity contribution < 1.29 is 27.8 Å². The van der Waals surface area contributed by atoms with Gasteiger partial charge in [0.05, 0.1) is 6.61 Å². The molecule has 0 aromatic heterocycles. The predicted molar refractivity (Wildman–Crippen MR) is 92.9 cm³/mol. The summed E-state index contributed by atoms with van der Waals surface area (Å²) >= 11 is 0. The molecule has 0 heterocycles. The Balaban J connectivity index is 2.02. The molecule has 26 heavy (non-hydrogen) atoms. The maximum atomic E-state index is 13.2. The highest BCUT2D eigenvalue weighted by Crippen LogP contribution is 2.19. The van der Waals surface area contributed by atoms with E-state index in [0.29, 0.717) is 17.9 Å². The van der Waals surface area contributed by atoms with Gasteiger partial charge in [0.2, 0.25) is 5.78 Å². The molecule has 6 heteroatoms. The van der Waals surface area contributed by atoms with Crippen molar-refractivity contribution in [2.75, 3.05) is 6.61 Å². The molecule has 1 atom stereocenters. The highest BCUT2D eigenvalue weighted by atomic mass is 19.2. The Morgan fingerprint density at radius 1 is 1.12 bits per heavy atom. The van der Waals surface area contributed by atoms with Gasteiger partial charge in [-0.15, -0.1) is 0 Å². The average Bonchev–Trinajstić information content (AvgIpc) is 2.63. The summed E-state index contributed by atoms with van der Waals surface area (Å²) in [5.74, 6) is -2.94. The summed E-state index contributed by atoms with van der Waals surface area (Å²) < 4.78 is 36.6. The molecule has 2 aromatic carbocycles. The van der Waals surface area contributed by atoms with Crippen LogP contribution in [0.1, 0.15) is 29.8 Å². The second-order valence-electron chi connectivity index (χ2n) is 5.38. The first-order valence-electron chi connectivity index (χ1n) is 8.02. The smallest absolute Gasteiger partial charge is 0.331 e. The fourth-order valence-corrected chi connectivity index (χ4v) is 2.21. The topological polar surface area (TPSA) is 52.6 Å². The van der Waals surface area contributed by atoms with Crippen LogP contribution in [0.15, 0.2) is 48.5 Å². The highest BCUT2D eigenvalue weighted by Gasteiger charge is 2.20. The first-order chi connectivity index (χ1) is 12.4. The van der Waals surface area contributed by atoms with Crippen LogP contribution in [0.2, 0.25) is 0 Å². The summed E-state index contributed by atoms with van der Waals surface area (Å²) in [6, 6.07) is 9.90. The van der Waals surface area contributed by atoms with Gasteiger partial charge in [0.1, 0.15) is 5.75 Å². The summed E-state index contributed by atoms with van der Waals surface area (Å²) in [4.78, 5) is 24.1. The number of esters is 1. The lowest BCUT2D eigenvalue weighted by molar-refractivity contribution is -0.140. The van der Waals surface area contributed by atoms with Crippen molar-refractivity contribution in [2.24, 2.45) is 0 Å². The number of rotatable bonds is 7. The SMILES string of the molecule is CCOc1ccccc1/C=C/C(=O)OC(C)C(=O)c1ccc(F)c(F)c1. The molecule has 0 aliphatic heterocycles. The zero-order chi connectivity index (χ0) is 19.1. The van der Waals surface area contributed by atoms with E-state index in [1.165, 1.54) is 19.1 Å². The number of Topliss-reactive ketones (excluding diaryl/α,β-unsaturated/α-hetero) is 1. The monoisotopic (exact) mass is 360 g/mol. The maximum absolute atomic E-state index is 13.2. The van der Waals surface area contributed by atoms with Crippen molar-refractivity contribution in [1.29, 1.82) is 0 Å². The second kappa shape index (κ2) is 8.89. The molecule has 0 saturated carbocycles. The number of halogens is 2. The summed E-state index contributed by atoms with van der Waals surface area (Å²) in [6.07, 6.45) is 1.55. The van der Waals surface area contributed by atoms with Crippen molar-refractivity contribution in [1.82, 2.24) is 0 Å². The fourth-order valence-electron chi connectivity index (χ4n) is 2.21. The first kappa shape index (κ1) is 19.3. The third-order valence-electron chi connectivity index (χ3n) is 3.48. The largest absolute Gasteiger partial charge is 0.493 e. The fraction of sp³-hybridized carbons (Fsp3) is 0.200. The van der Waals surface area contributed by atoms with Crippen molar-refractivity contribution in [2.45, 2.75) is 20.0 Å². The molecule has 1 unspecified atom stereocenters. The minimum absolute atomic E-state index is 0.0742. The Morgan fingerprint density at radius 2 is 1.85 bits per heavy atom. The lowest BCUT2D eigenvalue weighted by Crippen LogP contribution is -2.23. The molecule has 0 saturated heterocycles. The molecule has 0 spiro atoms. The molecule has 0 radical (unpaired) electrons. The number of hydrogen-bond donors (Lipinski definition) is 0. The van der Waals surface area contributed by atoms with Crippen LogP contribution in [-0.4, -0.2) is 24.5 Å². The van der Waals surface area contributed by atoms with E-state index in [0.717, 1.165) is 18.2 Å². The van der Waals surface area contributed by atoms with Gasteiger partial charge in [0.15, 0.2) is 17.7 Å². The van der Waals surface area contributed by atoms with Crippen LogP contribution >= 0.6 is 0 Å². The number of ketones is 1. The standard InChI is InChI=1S/C20H18F2O4/c1-3-25-18-7-5-4-6-14(18)9-11-19(23)26-13(2)20(24)15-8-10-16(21)17(22)12-15/h4-13H,3H2,1-2H3/b11-9+. The van der Waals surface area contributed by atoms with Gasteiger partial charge in [0, 0.05) is 17.2 Å². The van der Waals surface area contributed by atoms with E-state index >= 15 is 0 Å². The predicted octanol–water partition coefficient (Wildman–Crippen LogP) is 4.19. The zero-order valence-corrected chi connectivity index (χ0v) is 14.4. The van der Waals surface area contributed by atoms with Gasteiger partial charge >= 0.3 is 5.97 Å². The molecule has 4 nitrogen and oxygen atoms in total. The van der Waals surface area contributed by atoms with Gasteiger partial charge in [-0.25, -0.2) is 13.6 Å². The Hall–Kier alpha value is -3.02.